The molecule has 9 N–H and O–H groups in total. The smallest absolute Gasteiger partial charge is 0.220 e. The maximum absolute atomic E-state index is 13.3. The molecular weight excluding hydrogens is 1090 g/mol. The number of unbranched alkanes of at least 4 members (excludes halogenated alkanes) is 31. The van der Waals surface area contributed by atoms with Gasteiger partial charge in [0.2, 0.25) is 5.91 Å². The van der Waals surface area contributed by atoms with E-state index in [-0.39, 0.29) is 18.9 Å². The van der Waals surface area contributed by atoms with E-state index in [9.17, 15) is 45.6 Å². The summed E-state index contributed by atoms with van der Waals surface area (Å²) in [7, 11) is 0. The van der Waals surface area contributed by atoms with Gasteiger partial charge in [-0.05, 0) is 77.0 Å². The van der Waals surface area contributed by atoms with Crippen molar-refractivity contribution < 1.29 is 64.6 Å². The SMILES string of the molecule is CC/C=C\C/C=C\C/C=C\C/C=C\CCCCCCCCCCCCCCCCCCCCCCCCCCCCCCC(=O)NC(COC1OC(CO)C(OC2OC(CO)C(O)C(O)C2O)C(O)C1O)C(O)/C=C/CC/C=C/CC/C=C/CCC. The van der Waals surface area contributed by atoms with E-state index in [0.717, 1.165) is 77.0 Å². The van der Waals surface area contributed by atoms with Gasteiger partial charge in [0.05, 0.1) is 32.0 Å². The number of allylic oxidation sites excluding steroid dienone is 13. The first-order valence-electron chi connectivity index (χ1n) is 34.8. The molecule has 498 valence electrons. The first-order chi connectivity index (χ1) is 42.1. The maximum atomic E-state index is 13.3. The van der Waals surface area contributed by atoms with Crippen LogP contribution in [0.1, 0.15) is 271 Å². The van der Waals surface area contributed by atoms with Gasteiger partial charge in [0.15, 0.2) is 12.6 Å². The molecule has 2 aliphatic rings. The average molecular weight is 1210 g/mol. The van der Waals surface area contributed by atoms with Crippen LogP contribution in [0.4, 0.5) is 0 Å². The topological polar surface area (TPSA) is 228 Å². The molecule has 0 aliphatic carbocycles. The summed E-state index contributed by atoms with van der Waals surface area (Å²) in [5, 5.41) is 87.0. The number of amides is 1. The summed E-state index contributed by atoms with van der Waals surface area (Å²) < 4.78 is 22.7. The lowest BCUT2D eigenvalue weighted by Crippen LogP contribution is -2.65. The molecule has 2 heterocycles. The van der Waals surface area contributed by atoms with E-state index in [2.05, 4.69) is 92.1 Å². The number of aliphatic hydroxyl groups is 8. The fourth-order valence-corrected chi connectivity index (χ4v) is 11.0. The van der Waals surface area contributed by atoms with E-state index < -0.39 is 86.8 Å². The third kappa shape index (κ3) is 40.0. The quantitative estimate of drug-likeness (QED) is 0.0204. The number of carbonyl (C=O) groups is 1. The van der Waals surface area contributed by atoms with Gasteiger partial charge in [0.1, 0.15) is 48.8 Å². The van der Waals surface area contributed by atoms with E-state index in [1.54, 1.807) is 6.08 Å². The summed E-state index contributed by atoms with van der Waals surface area (Å²) >= 11 is 0. The minimum absolute atomic E-state index is 0.253. The van der Waals surface area contributed by atoms with Gasteiger partial charge in [0, 0.05) is 6.42 Å². The molecule has 0 saturated carbocycles. The molecular formula is C72H127NO13. The molecule has 0 spiro atoms. The largest absolute Gasteiger partial charge is 0.394 e. The number of aliphatic hydroxyl groups excluding tert-OH is 8. The molecule has 0 aromatic carbocycles. The normalized spacial score (nSPS) is 23.9. The summed E-state index contributed by atoms with van der Waals surface area (Å²) in [6, 6.07) is -0.938. The minimum atomic E-state index is -1.79. The molecule has 0 radical (unpaired) electrons. The van der Waals surface area contributed by atoms with Gasteiger partial charge in [-0.25, -0.2) is 0 Å². The zero-order valence-corrected chi connectivity index (χ0v) is 54.0. The van der Waals surface area contributed by atoms with Crippen LogP contribution in [0.3, 0.4) is 0 Å². The first-order valence-corrected chi connectivity index (χ1v) is 34.8. The van der Waals surface area contributed by atoms with Crippen LogP contribution in [0.5, 0.6) is 0 Å². The van der Waals surface area contributed by atoms with Crippen LogP contribution < -0.4 is 5.32 Å². The van der Waals surface area contributed by atoms with E-state index in [0.29, 0.717) is 12.8 Å². The molecule has 0 bridgehead atoms. The Kier molecular flexibility index (Phi) is 51.8. The second kappa shape index (κ2) is 56.2. The third-order valence-corrected chi connectivity index (χ3v) is 16.5. The highest BCUT2D eigenvalue weighted by Gasteiger charge is 2.51. The van der Waals surface area contributed by atoms with Crippen molar-refractivity contribution >= 4 is 5.91 Å². The summed E-state index contributed by atoms with van der Waals surface area (Å²) in [6.45, 7) is 2.58. The van der Waals surface area contributed by atoms with Crippen LogP contribution >= 0.6 is 0 Å². The molecule has 14 nitrogen and oxygen atoms in total. The Balaban J connectivity index is 1.52. The molecule has 2 rings (SSSR count). The monoisotopic (exact) mass is 1210 g/mol. The standard InChI is InChI=1S/C72H127NO13/c1-3-5-7-9-11-13-15-16-17-18-19-20-21-22-23-24-25-26-27-28-29-30-31-32-33-34-35-36-37-38-39-40-41-42-43-44-46-48-50-52-54-56-64(77)73-60(61(76)55-53-51-49-47-45-14-12-10-8-6-4-2)59-83-71-69(82)67(80)70(63(58-75)85-71)86-72-68(81)66(79)65(78)62(57-74)84-72/h5,7-8,10-11,13,16-17,19-20,45,47,53,55,60-63,65-72,74-76,78-82H,3-4,6,9,12,14-15,18,21-44,46,48-52,54,56-59H2,1-2H3,(H,73,77)/b7-5-,10-8+,13-11-,17-16-,20-19-,47-45+,55-53+. The van der Waals surface area contributed by atoms with Gasteiger partial charge in [-0.2, -0.15) is 0 Å². The average Bonchev–Trinajstić information content (AvgIpc) is 1.60. The van der Waals surface area contributed by atoms with Crippen molar-refractivity contribution in [3.8, 4) is 0 Å². The van der Waals surface area contributed by atoms with Crippen LogP contribution in [0.15, 0.2) is 85.1 Å². The highest BCUT2D eigenvalue weighted by molar-refractivity contribution is 5.76. The molecule has 0 aromatic rings. The van der Waals surface area contributed by atoms with Crippen molar-refractivity contribution in [3.63, 3.8) is 0 Å². The van der Waals surface area contributed by atoms with Gasteiger partial charge in [-0.1, -0.05) is 272 Å². The fraction of sp³-hybridized carbons (Fsp3) is 0.792. The van der Waals surface area contributed by atoms with Gasteiger partial charge in [-0.3, -0.25) is 4.79 Å². The zero-order chi connectivity index (χ0) is 62.3. The number of hydrogen-bond donors (Lipinski definition) is 9. The van der Waals surface area contributed by atoms with E-state index in [1.807, 2.05) is 6.08 Å². The maximum Gasteiger partial charge on any atom is 0.220 e. The Bertz CT molecular complexity index is 1770. The fourth-order valence-electron chi connectivity index (χ4n) is 11.0. The molecule has 12 atom stereocenters. The van der Waals surface area contributed by atoms with Gasteiger partial charge in [-0.15, -0.1) is 0 Å². The van der Waals surface area contributed by atoms with E-state index in [1.165, 1.54) is 161 Å². The Hall–Kier alpha value is -2.83. The summed E-state index contributed by atoms with van der Waals surface area (Å²) in [5.74, 6) is -0.253. The minimum Gasteiger partial charge on any atom is -0.394 e. The Morgan fingerprint density at radius 2 is 0.814 bits per heavy atom. The van der Waals surface area contributed by atoms with Crippen molar-refractivity contribution in [1.29, 1.82) is 0 Å². The third-order valence-electron chi connectivity index (χ3n) is 16.5. The van der Waals surface area contributed by atoms with E-state index >= 15 is 0 Å². The highest BCUT2D eigenvalue weighted by Crippen LogP contribution is 2.30. The van der Waals surface area contributed by atoms with E-state index in [4.69, 9.17) is 18.9 Å². The predicted octanol–water partition coefficient (Wildman–Crippen LogP) is 14.0. The van der Waals surface area contributed by atoms with Gasteiger partial charge >= 0.3 is 0 Å². The molecule has 14 heteroatoms. The predicted molar refractivity (Wildman–Crippen MR) is 350 cm³/mol. The molecule has 2 fully saturated rings. The molecule has 2 aliphatic heterocycles. The van der Waals surface area contributed by atoms with Crippen LogP contribution in [0, 0.1) is 0 Å². The van der Waals surface area contributed by atoms with Crippen molar-refractivity contribution in [2.75, 3.05) is 19.8 Å². The lowest BCUT2D eigenvalue weighted by atomic mass is 9.97. The van der Waals surface area contributed by atoms with Crippen LogP contribution in [0.25, 0.3) is 0 Å². The van der Waals surface area contributed by atoms with Crippen molar-refractivity contribution in [2.45, 2.75) is 344 Å². The lowest BCUT2D eigenvalue weighted by Gasteiger charge is -2.46. The Labute approximate surface area is 522 Å². The molecule has 1 amide bonds. The summed E-state index contributed by atoms with van der Waals surface area (Å²) in [6.07, 6.45) is 61.3. The second-order valence-electron chi connectivity index (χ2n) is 24.3. The summed E-state index contributed by atoms with van der Waals surface area (Å²) in [5.41, 5.74) is 0. The lowest BCUT2D eigenvalue weighted by molar-refractivity contribution is -0.359. The zero-order valence-electron chi connectivity index (χ0n) is 54.0. The number of hydrogen-bond acceptors (Lipinski definition) is 13. The second-order valence-corrected chi connectivity index (χ2v) is 24.3. The Morgan fingerprint density at radius 1 is 0.430 bits per heavy atom. The van der Waals surface area contributed by atoms with Crippen molar-refractivity contribution in [1.82, 2.24) is 5.32 Å². The number of nitrogens with one attached hydrogen (secondary N) is 1. The first kappa shape index (κ1) is 79.3. The Morgan fingerprint density at radius 3 is 1.27 bits per heavy atom. The molecule has 2 saturated heterocycles. The van der Waals surface area contributed by atoms with Crippen molar-refractivity contribution in [2.24, 2.45) is 0 Å². The molecule has 12 unspecified atom stereocenters. The number of rotatable bonds is 56. The number of carbonyl (C=O) groups excluding carboxylic acids is 1. The van der Waals surface area contributed by atoms with Gasteiger partial charge < -0.3 is 65.1 Å². The number of ether oxygens (including phenoxy) is 4. The molecule has 0 aromatic heterocycles. The van der Waals surface area contributed by atoms with Gasteiger partial charge in [0.25, 0.3) is 0 Å². The highest BCUT2D eigenvalue weighted by atomic mass is 16.7. The van der Waals surface area contributed by atoms with Crippen molar-refractivity contribution in [3.05, 3.63) is 85.1 Å². The summed E-state index contributed by atoms with van der Waals surface area (Å²) in [4.78, 5) is 13.3. The van der Waals surface area contributed by atoms with Crippen LogP contribution in [-0.4, -0.2) is 140 Å². The van der Waals surface area contributed by atoms with Crippen LogP contribution in [-0.2, 0) is 23.7 Å². The van der Waals surface area contributed by atoms with Crippen LogP contribution in [0.2, 0.25) is 0 Å². The molecule has 86 heavy (non-hydrogen) atoms.